The molecule has 2 aromatic carbocycles. The number of fused-ring (bicyclic) bond motifs is 1. The molecule has 0 heterocycles. The normalized spacial score (nSPS) is 12.7. The van der Waals surface area contributed by atoms with E-state index < -0.39 is 0 Å². The van der Waals surface area contributed by atoms with Crippen molar-refractivity contribution in [1.29, 1.82) is 0 Å². The van der Waals surface area contributed by atoms with Crippen LogP contribution in [0.15, 0.2) is 36.4 Å². The predicted octanol–water partition coefficient (Wildman–Crippen LogP) is 3.84. The molecule has 2 aromatic rings. The second-order valence-corrected chi connectivity index (χ2v) is 4.35. The van der Waals surface area contributed by atoms with Crippen molar-refractivity contribution in [1.82, 2.24) is 0 Å². The average Bonchev–Trinajstić information content (AvgIpc) is 2.29. The molecule has 0 spiro atoms. The van der Waals surface area contributed by atoms with Gasteiger partial charge in [0.05, 0.1) is 0 Å². The number of ketones is 1. The molecule has 0 amide bonds. The number of Topliss-reactive ketones (excluding diaryl/α,β-unsaturated/α-hetero) is 1. The quantitative estimate of drug-likeness (QED) is 0.739. The molecule has 0 saturated carbocycles. The van der Waals surface area contributed by atoms with Gasteiger partial charge in [-0.05, 0) is 35.7 Å². The summed E-state index contributed by atoms with van der Waals surface area (Å²) in [6.07, 6.45) is 0. The molecule has 0 radical (unpaired) electrons. The highest BCUT2D eigenvalue weighted by atomic mass is 16.1. The van der Waals surface area contributed by atoms with Gasteiger partial charge in [0.2, 0.25) is 0 Å². The minimum Gasteiger partial charge on any atom is -0.299 e. The van der Waals surface area contributed by atoms with Crippen LogP contribution in [0.4, 0.5) is 0 Å². The van der Waals surface area contributed by atoms with E-state index in [9.17, 15) is 4.79 Å². The molecule has 0 aliphatic rings. The number of aryl methyl sites for hydroxylation is 1. The summed E-state index contributed by atoms with van der Waals surface area (Å²) in [5, 5.41) is 2.44. The number of carbonyl (C=O) groups excluding carboxylic acids is 1. The molecule has 0 bridgehead atoms. The first-order valence-corrected chi connectivity index (χ1v) is 5.60. The Morgan fingerprint density at radius 3 is 2.31 bits per heavy atom. The summed E-state index contributed by atoms with van der Waals surface area (Å²) >= 11 is 0. The molecule has 0 aromatic heterocycles. The summed E-state index contributed by atoms with van der Waals surface area (Å²) in [6, 6.07) is 12.4. The van der Waals surface area contributed by atoms with E-state index in [2.05, 4.69) is 31.2 Å². The van der Waals surface area contributed by atoms with Gasteiger partial charge in [0.1, 0.15) is 5.78 Å². The third-order valence-electron chi connectivity index (χ3n) is 3.25. The van der Waals surface area contributed by atoms with E-state index in [0.717, 1.165) is 5.56 Å². The number of benzene rings is 2. The third kappa shape index (κ3) is 1.73. The van der Waals surface area contributed by atoms with E-state index in [0.29, 0.717) is 0 Å². The Hall–Kier alpha value is -1.63. The zero-order valence-electron chi connectivity index (χ0n) is 9.95. The molecule has 0 aliphatic heterocycles. The van der Waals surface area contributed by atoms with Crippen LogP contribution in [0.1, 0.15) is 30.9 Å². The molecule has 1 atom stereocenters. The van der Waals surface area contributed by atoms with Crippen LogP contribution < -0.4 is 0 Å². The lowest BCUT2D eigenvalue weighted by atomic mass is 9.91. The van der Waals surface area contributed by atoms with Crippen molar-refractivity contribution in [2.75, 3.05) is 0 Å². The Balaban J connectivity index is 2.72. The van der Waals surface area contributed by atoms with Gasteiger partial charge in [-0.15, -0.1) is 0 Å². The van der Waals surface area contributed by atoms with Crippen LogP contribution >= 0.6 is 0 Å². The fraction of sp³-hybridized carbons (Fsp3) is 0.267. The molecular formula is C15H16O. The predicted molar refractivity (Wildman–Crippen MR) is 67.8 cm³/mol. The summed E-state index contributed by atoms with van der Waals surface area (Å²) in [5.74, 6) is 0.194. The molecule has 82 valence electrons. The van der Waals surface area contributed by atoms with Gasteiger partial charge in [-0.3, -0.25) is 4.79 Å². The monoisotopic (exact) mass is 212 g/mol. The van der Waals surface area contributed by atoms with Gasteiger partial charge >= 0.3 is 0 Å². The molecule has 1 nitrogen and oxygen atoms in total. The topological polar surface area (TPSA) is 17.1 Å². The molecule has 0 aliphatic carbocycles. The van der Waals surface area contributed by atoms with Crippen molar-refractivity contribution in [2.45, 2.75) is 26.7 Å². The summed E-state index contributed by atoms with van der Waals surface area (Å²) < 4.78 is 0. The smallest absolute Gasteiger partial charge is 0.137 e. The Kier molecular flexibility index (Phi) is 2.78. The fourth-order valence-corrected chi connectivity index (χ4v) is 2.07. The number of carbonyl (C=O) groups is 1. The number of hydrogen-bond donors (Lipinski definition) is 0. The van der Waals surface area contributed by atoms with E-state index in [-0.39, 0.29) is 11.7 Å². The fourth-order valence-electron chi connectivity index (χ4n) is 2.07. The molecule has 2 rings (SSSR count). The lowest BCUT2D eigenvalue weighted by molar-refractivity contribution is -0.118. The third-order valence-corrected chi connectivity index (χ3v) is 3.25. The van der Waals surface area contributed by atoms with Crippen molar-refractivity contribution >= 4 is 16.6 Å². The first kappa shape index (κ1) is 10.9. The Bertz CT molecular complexity index is 540. The Morgan fingerprint density at radius 2 is 1.69 bits per heavy atom. The Labute approximate surface area is 96.1 Å². The van der Waals surface area contributed by atoms with E-state index in [1.807, 2.05) is 19.1 Å². The maximum Gasteiger partial charge on any atom is 0.137 e. The van der Waals surface area contributed by atoms with E-state index in [1.54, 1.807) is 6.92 Å². The van der Waals surface area contributed by atoms with Crippen LogP contribution in [0.2, 0.25) is 0 Å². The van der Waals surface area contributed by atoms with Crippen molar-refractivity contribution in [2.24, 2.45) is 0 Å². The van der Waals surface area contributed by atoms with Crippen LogP contribution in [0.5, 0.6) is 0 Å². The van der Waals surface area contributed by atoms with E-state index in [4.69, 9.17) is 0 Å². The molecule has 0 saturated heterocycles. The van der Waals surface area contributed by atoms with Crippen molar-refractivity contribution in [3.8, 4) is 0 Å². The molecular weight excluding hydrogens is 196 g/mol. The van der Waals surface area contributed by atoms with Crippen LogP contribution in [-0.4, -0.2) is 5.78 Å². The highest BCUT2D eigenvalue weighted by Gasteiger charge is 2.13. The number of rotatable bonds is 2. The lowest BCUT2D eigenvalue weighted by Gasteiger charge is -2.13. The standard InChI is InChI=1S/C15H16O/c1-10-8-9-14(11(2)12(3)16)15-7-5-4-6-13(10)15/h4-9,11H,1-3H3. The van der Waals surface area contributed by atoms with Gasteiger partial charge in [-0.1, -0.05) is 43.3 Å². The summed E-state index contributed by atoms with van der Waals surface area (Å²) in [7, 11) is 0. The van der Waals surface area contributed by atoms with Crippen LogP contribution in [0.3, 0.4) is 0 Å². The summed E-state index contributed by atoms with van der Waals surface area (Å²) in [5.41, 5.74) is 2.39. The van der Waals surface area contributed by atoms with Crippen LogP contribution in [-0.2, 0) is 4.79 Å². The number of hydrogen-bond acceptors (Lipinski definition) is 1. The van der Waals surface area contributed by atoms with Crippen LogP contribution in [0.25, 0.3) is 10.8 Å². The summed E-state index contributed by atoms with van der Waals surface area (Å²) in [4.78, 5) is 11.5. The van der Waals surface area contributed by atoms with Crippen LogP contribution in [0, 0.1) is 6.92 Å². The van der Waals surface area contributed by atoms with Gasteiger partial charge in [0.15, 0.2) is 0 Å². The van der Waals surface area contributed by atoms with Gasteiger partial charge < -0.3 is 0 Å². The second-order valence-electron chi connectivity index (χ2n) is 4.35. The molecule has 1 unspecified atom stereocenters. The van der Waals surface area contributed by atoms with E-state index in [1.165, 1.54) is 16.3 Å². The highest BCUT2D eigenvalue weighted by Crippen LogP contribution is 2.28. The van der Waals surface area contributed by atoms with Crippen molar-refractivity contribution < 1.29 is 4.79 Å². The van der Waals surface area contributed by atoms with Crippen molar-refractivity contribution in [3.05, 3.63) is 47.5 Å². The largest absolute Gasteiger partial charge is 0.299 e. The zero-order chi connectivity index (χ0) is 11.7. The van der Waals surface area contributed by atoms with E-state index >= 15 is 0 Å². The zero-order valence-corrected chi connectivity index (χ0v) is 9.95. The molecule has 16 heavy (non-hydrogen) atoms. The second kappa shape index (κ2) is 4.09. The van der Waals surface area contributed by atoms with Crippen molar-refractivity contribution in [3.63, 3.8) is 0 Å². The summed E-state index contributed by atoms with van der Waals surface area (Å²) in [6.45, 7) is 5.73. The SMILES string of the molecule is CC(=O)C(C)c1ccc(C)c2ccccc12. The van der Waals surface area contributed by atoms with Gasteiger partial charge in [0.25, 0.3) is 0 Å². The van der Waals surface area contributed by atoms with Gasteiger partial charge in [-0.2, -0.15) is 0 Å². The first-order valence-electron chi connectivity index (χ1n) is 5.60. The van der Waals surface area contributed by atoms with Gasteiger partial charge in [-0.25, -0.2) is 0 Å². The highest BCUT2D eigenvalue weighted by molar-refractivity contribution is 5.94. The Morgan fingerprint density at radius 1 is 1.06 bits per heavy atom. The minimum atomic E-state index is -0.0227. The van der Waals surface area contributed by atoms with Gasteiger partial charge in [0, 0.05) is 5.92 Å². The maximum atomic E-state index is 11.5. The average molecular weight is 212 g/mol. The minimum absolute atomic E-state index is 0.0227. The molecule has 1 heteroatoms. The maximum absolute atomic E-state index is 11.5. The molecule has 0 N–H and O–H groups in total. The first-order chi connectivity index (χ1) is 7.61. The lowest BCUT2D eigenvalue weighted by Crippen LogP contribution is -2.05. The molecule has 0 fully saturated rings.